The summed E-state index contributed by atoms with van der Waals surface area (Å²) in [6.07, 6.45) is 0. The van der Waals surface area contributed by atoms with Gasteiger partial charge in [-0.05, 0) is 54.4 Å². The van der Waals surface area contributed by atoms with Crippen molar-refractivity contribution in [3.8, 4) is 22.9 Å². The molecule has 1 aromatic heterocycles. The molecule has 0 saturated carbocycles. The van der Waals surface area contributed by atoms with Gasteiger partial charge in [-0.2, -0.15) is 4.98 Å². The fourth-order valence-corrected chi connectivity index (χ4v) is 4.29. The molecule has 1 N–H and O–H groups in total. The van der Waals surface area contributed by atoms with Crippen LogP contribution >= 0.6 is 0 Å². The van der Waals surface area contributed by atoms with Crippen molar-refractivity contribution in [2.45, 2.75) is 19.5 Å². The molecular weight excluding hydrogens is 456 g/mol. The van der Waals surface area contributed by atoms with Crippen LogP contribution in [0.2, 0.25) is 0 Å². The zero-order valence-corrected chi connectivity index (χ0v) is 20.3. The van der Waals surface area contributed by atoms with Crippen molar-refractivity contribution in [2.24, 2.45) is 0 Å². The lowest BCUT2D eigenvalue weighted by molar-refractivity contribution is 0.203. The van der Waals surface area contributed by atoms with Crippen molar-refractivity contribution in [1.29, 1.82) is 0 Å². The summed E-state index contributed by atoms with van der Waals surface area (Å²) in [6.45, 7) is 2.26. The van der Waals surface area contributed by atoms with E-state index in [9.17, 15) is 4.79 Å². The lowest BCUT2D eigenvalue weighted by Gasteiger charge is -2.35. The third-order valence-corrected chi connectivity index (χ3v) is 6.21. The summed E-state index contributed by atoms with van der Waals surface area (Å²) in [5.41, 5.74) is 4.14. The van der Waals surface area contributed by atoms with Crippen LogP contribution in [-0.2, 0) is 6.54 Å². The van der Waals surface area contributed by atoms with E-state index in [1.165, 1.54) is 0 Å². The molecule has 0 radical (unpaired) electrons. The van der Waals surface area contributed by atoms with Gasteiger partial charge in [-0.25, -0.2) is 4.79 Å². The molecule has 0 bridgehead atoms. The monoisotopic (exact) mass is 482 g/mol. The number of rotatable bonds is 7. The SMILES string of the molecule is COc1ccc(-c2noc(C3=C(C)N(Cc4cccc(OC)c4)C(=O)NC3c3ccccc3)n2)cc1. The molecule has 0 saturated heterocycles. The van der Waals surface area contributed by atoms with Crippen molar-refractivity contribution < 1.29 is 18.8 Å². The lowest BCUT2D eigenvalue weighted by atomic mass is 9.94. The third-order valence-electron chi connectivity index (χ3n) is 6.21. The Morgan fingerprint density at radius 3 is 2.42 bits per heavy atom. The van der Waals surface area contributed by atoms with E-state index >= 15 is 0 Å². The molecule has 182 valence electrons. The summed E-state index contributed by atoms with van der Waals surface area (Å²) in [5, 5.41) is 7.35. The van der Waals surface area contributed by atoms with Crippen LogP contribution in [0.25, 0.3) is 17.0 Å². The summed E-state index contributed by atoms with van der Waals surface area (Å²) in [7, 11) is 3.24. The number of methoxy groups -OCH3 is 2. The number of hydrogen-bond donors (Lipinski definition) is 1. The fourth-order valence-electron chi connectivity index (χ4n) is 4.29. The quantitative estimate of drug-likeness (QED) is 0.377. The van der Waals surface area contributed by atoms with Gasteiger partial charge in [0.05, 0.1) is 32.4 Å². The van der Waals surface area contributed by atoms with E-state index in [0.29, 0.717) is 18.3 Å². The number of amides is 2. The fraction of sp³-hybridized carbons (Fsp3) is 0.179. The Bertz CT molecular complexity index is 1400. The second-order valence-electron chi connectivity index (χ2n) is 8.38. The van der Waals surface area contributed by atoms with Gasteiger partial charge in [0.15, 0.2) is 0 Å². The first-order valence-corrected chi connectivity index (χ1v) is 11.5. The molecule has 1 atom stereocenters. The maximum absolute atomic E-state index is 13.3. The first kappa shape index (κ1) is 23.2. The van der Waals surface area contributed by atoms with Gasteiger partial charge in [0, 0.05) is 11.3 Å². The average Bonchev–Trinajstić information content (AvgIpc) is 3.41. The van der Waals surface area contributed by atoms with E-state index in [2.05, 4.69) is 10.5 Å². The minimum atomic E-state index is -0.440. The molecule has 8 heteroatoms. The van der Waals surface area contributed by atoms with E-state index in [4.69, 9.17) is 19.0 Å². The maximum Gasteiger partial charge on any atom is 0.322 e. The zero-order valence-electron chi connectivity index (χ0n) is 20.3. The largest absolute Gasteiger partial charge is 0.497 e. The molecule has 1 aliphatic rings. The number of hydrogen-bond acceptors (Lipinski definition) is 6. The summed E-state index contributed by atoms with van der Waals surface area (Å²) in [4.78, 5) is 19.7. The first-order valence-electron chi connectivity index (χ1n) is 11.5. The van der Waals surface area contributed by atoms with Gasteiger partial charge >= 0.3 is 6.03 Å². The summed E-state index contributed by atoms with van der Waals surface area (Å²) in [5.74, 6) is 2.28. The van der Waals surface area contributed by atoms with E-state index in [-0.39, 0.29) is 6.03 Å². The van der Waals surface area contributed by atoms with Crippen molar-refractivity contribution in [3.63, 3.8) is 0 Å². The number of benzene rings is 3. The van der Waals surface area contributed by atoms with Crippen LogP contribution in [0.3, 0.4) is 0 Å². The van der Waals surface area contributed by atoms with Crippen molar-refractivity contribution >= 4 is 11.6 Å². The number of carbonyl (C=O) groups excluding carboxylic acids is 1. The molecule has 5 rings (SSSR count). The standard InChI is InChI=1S/C28H26N4O4/c1-18-24(27-30-26(31-36-27)21-12-14-22(34-2)15-13-21)25(20-9-5-4-6-10-20)29-28(33)32(18)17-19-8-7-11-23(16-19)35-3/h4-16,25H,17H2,1-3H3,(H,29,33). The third kappa shape index (κ3) is 4.53. The molecule has 8 nitrogen and oxygen atoms in total. The van der Waals surface area contributed by atoms with Crippen molar-refractivity contribution in [2.75, 3.05) is 14.2 Å². The second kappa shape index (κ2) is 9.95. The first-order chi connectivity index (χ1) is 17.6. The van der Waals surface area contributed by atoms with E-state index in [1.807, 2.05) is 85.8 Å². The summed E-state index contributed by atoms with van der Waals surface area (Å²) < 4.78 is 16.4. The predicted molar refractivity (Wildman–Crippen MR) is 135 cm³/mol. The van der Waals surface area contributed by atoms with E-state index in [1.54, 1.807) is 19.1 Å². The Balaban J connectivity index is 1.56. The van der Waals surface area contributed by atoms with Gasteiger partial charge in [-0.3, -0.25) is 4.90 Å². The highest BCUT2D eigenvalue weighted by Gasteiger charge is 2.35. The van der Waals surface area contributed by atoms with Crippen LogP contribution in [0, 0.1) is 0 Å². The Kier molecular flexibility index (Phi) is 6.40. The van der Waals surface area contributed by atoms with Crippen LogP contribution in [0.15, 0.2) is 89.1 Å². The maximum atomic E-state index is 13.3. The number of allylic oxidation sites excluding steroid dienone is 1. The number of urea groups is 1. The topological polar surface area (TPSA) is 89.7 Å². The highest BCUT2D eigenvalue weighted by Crippen LogP contribution is 2.38. The molecule has 36 heavy (non-hydrogen) atoms. The highest BCUT2D eigenvalue weighted by atomic mass is 16.5. The normalized spacial score (nSPS) is 15.6. The Labute approximate surface area is 209 Å². The smallest absolute Gasteiger partial charge is 0.322 e. The predicted octanol–water partition coefficient (Wildman–Crippen LogP) is 5.45. The average molecular weight is 483 g/mol. The van der Waals surface area contributed by atoms with Crippen LogP contribution in [0.4, 0.5) is 4.79 Å². The van der Waals surface area contributed by atoms with E-state index in [0.717, 1.165) is 39.5 Å². The van der Waals surface area contributed by atoms with Crippen LogP contribution in [0.1, 0.15) is 30.0 Å². The molecule has 0 aliphatic carbocycles. The van der Waals surface area contributed by atoms with Crippen molar-refractivity contribution in [3.05, 3.63) is 102 Å². The molecule has 3 aromatic carbocycles. The molecule has 1 aliphatic heterocycles. The van der Waals surface area contributed by atoms with Gasteiger partial charge in [-0.1, -0.05) is 47.6 Å². The van der Waals surface area contributed by atoms with E-state index < -0.39 is 6.04 Å². The lowest BCUT2D eigenvalue weighted by Crippen LogP contribution is -2.45. The van der Waals surface area contributed by atoms with Crippen LogP contribution in [0.5, 0.6) is 11.5 Å². The van der Waals surface area contributed by atoms with Gasteiger partial charge in [-0.15, -0.1) is 0 Å². The Morgan fingerprint density at radius 1 is 0.944 bits per heavy atom. The Hall–Kier alpha value is -4.59. The molecule has 0 fully saturated rings. The highest BCUT2D eigenvalue weighted by molar-refractivity contribution is 5.86. The summed E-state index contributed by atoms with van der Waals surface area (Å²) in [6, 6.07) is 24.2. The number of nitrogens with one attached hydrogen (secondary N) is 1. The molecule has 4 aromatic rings. The number of carbonyl (C=O) groups is 1. The van der Waals surface area contributed by atoms with Gasteiger partial charge in [0.1, 0.15) is 11.5 Å². The molecule has 0 spiro atoms. The molecule has 2 heterocycles. The van der Waals surface area contributed by atoms with Crippen molar-refractivity contribution in [1.82, 2.24) is 20.4 Å². The number of nitrogens with zero attached hydrogens (tertiary/aromatic N) is 3. The zero-order chi connectivity index (χ0) is 25.1. The second-order valence-corrected chi connectivity index (χ2v) is 8.38. The molecular formula is C28H26N4O4. The van der Waals surface area contributed by atoms with Crippen LogP contribution in [-0.4, -0.2) is 35.3 Å². The minimum Gasteiger partial charge on any atom is -0.497 e. The van der Waals surface area contributed by atoms with Gasteiger partial charge in [0.2, 0.25) is 5.82 Å². The Morgan fingerprint density at radius 2 is 1.69 bits per heavy atom. The number of ether oxygens (including phenoxy) is 2. The summed E-state index contributed by atoms with van der Waals surface area (Å²) >= 11 is 0. The molecule has 1 unspecified atom stereocenters. The minimum absolute atomic E-state index is 0.206. The van der Waals surface area contributed by atoms with Gasteiger partial charge in [0.25, 0.3) is 5.89 Å². The van der Waals surface area contributed by atoms with Gasteiger partial charge < -0.3 is 19.3 Å². The number of aromatic nitrogens is 2. The van der Waals surface area contributed by atoms with Crippen LogP contribution < -0.4 is 14.8 Å². The molecule has 2 amide bonds.